The van der Waals surface area contributed by atoms with E-state index in [1.165, 1.54) is 0 Å². The third kappa shape index (κ3) is 2.82. The molecule has 1 aromatic rings. The van der Waals surface area contributed by atoms with Crippen LogP contribution in [-0.4, -0.2) is 11.3 Å². The van der Waals surface area contributed by atoms with Gasteiger partial charge in [0, 0.05) is 5.33 Å². The molecule has 0 aromatic heterocycles. The van der Waals surface area contributed by atoms with E-state index in [2.05, 4.69) is 20.8 Å². The van der Waals surface area contributed by atoms with E-state index in [-0.39, 0.29) is 0 Å². The molecule has 0 bridgehead atoms. The van der Waals surface area contributed by atoms with Crippen molar-refractivity contribution in [1.82, 2.24) is 0 Å². The van der Waals surface area contributed by atoms with E-state index < -0.39 is 5.97 Å². The van der Waals surface area contributed by atoms with Crippen molar-refractivity contribution in [1.29, 1.82) is 0 Å². The summed E-state index contributed by atoms with van der Waals surface area (Å²) in [6.45, 7) is 0. The largest absolute Gasteiger partial charge is 0.370 e. The molecule has 4 heteroatoms. The van der Waals surface area contributed by atoms with E-state index in [9.17, 15) is 4.79 Å². The molecular formula is C9H10BrNO2. The molecule has 3 nitrogen and oxygen atoms in total. The summed E-state index contributed by atoms with van der Waals surface area (Å²) in [5.74, 6) is 4.27. The van der Waals surface area contributed by atoms with Gasteiger partial charge in [0.2, 0.25) is 0 Å². The lowest BCUT2D eigenvalue weighted by Crippen LogP contribution is -2.10. The Bertz CT molecular complexity index is 301. The second-order valence-electron chi connectivity index (χ2n) is 2.54. The maximum absolute atomic E-state index is 11.0. The molecule has 0 radical (unpaired) electrons. The molecule has 0 spiro atoms. The molecule has 70 valence electrons. The van der Waals surface area contributed by atoms with Gasteiger partial charge in [-0.1, -0.05) is 28.1 Å². The third-order valence-electron chi connectivity index (χ3n) is 1.65. The molecule has 0 saturated heterocycles. The van der Waals surface area contributed by atoms with Crippen molar-refractivity contribution in [2.45, 2.75) is 6.42 Å². The topological polar surface area (TPSA) is 52.3 Å². The number of carbonyl (C=O) groups excluding carboxylic acids is 1. The van der Waals surface area contributed by atoms with Crippen molar-refractivity contribution in [2.75, 3.05) is 5.33 Å². The van der Waals surface area contributed by atoms with Gasteiger partial charge in [-0.2, -0.15) is 5.90 Å². The van der Waals surface area contributed by atoms with Gasteiger partial charge < -0.3 is 4.84 Å². The van der Waals surface area contributed by atoms with Crippen molar-refractivity contribution >= 4 is 21.9 Å². The average Bonchev–Trinajstić information content (AvgIpc) is 2.18. The Labute approximate surface area is 85.0 Å². The first-order valence-corrected chi connectivity index (χ1v) is 4.96. The van der Waals surface area contributed by atoms with Crippen LogP contribution in [0.25, 0.3) is 0 Å². The number of carbonyl (C=O) groups is 1. The molecule has 0 aliphatic rings. The second-order valence-corrected chi connectivity index (χ2v) is 3.34. The minimum absolute atomic E-state index is 0.487. The van der Waals surface area contributed by atoms with Crippen LogP contribution >= 0.6 is 15.9 Å². The van der Waals surface area contributed by atoms with Gasteiger partial charge in [0.1, 0.15) is 0 Å². The molecule has 0 fully saturated rings. The Kier molecular flexibility index (Phi) is 3.92. The molecule has 0 heterocycles. The zero-order chi connectivity index (χ0) is 9.68. The van der Waals surface area contributed by atoms with Gasteiger partial charge in [0.15, 0.2) is 0 Å². The van der Waals surface area contributed by atoms with Crippen molar-refractivity contribution in [3.8, 4) is 0 Å². The summed E-state index contributed by atoms with van der Waals surface area (Å²) in [6, 6.07) is 7.21. The summed E-state index contributed by atoms with van der Waals surface area (Å²) in [4.78, 5) is 15.1. The van der Waals surface area contributed by atoms with Gasteiger partial charge in [-0.25, -0.2) is 4.79 Å². The molecule has 0 aliphatic heterocycles. The van der Waals surface area contributed by atoms with Crippen LogP contribution in [-0.2, 0) is 11.3 Å². The van der Waals surface area contributed by atoms with Crippen LogP contribution in [0.15, 0.2) is 24.3 Å². The van der Waals surface area contributed by atoms with Crippen molar-refractivity contribution in [3.05, 3.63) is 35.4 Å². The Hall–Kier alpha value is -0.870. The summed E-state index contributed by atoms with van der Waals surface area (Å²) in [7, 11) is 0. The molecule has 1 rings (SSSR count). The van der Waals surface area contributed by atoms with Crippen LogP contribution in [0.2, 0.25) is 0 Å². The Morgan fingerprint density at radius 1 is 1.54 bits per heavy atom. The van der Waals surface area contributed by atoms with Gasteiger partial charge in [-0.15, -0.1) is 0 Å². The average molecular weight is 244 g/mol. The first kappa shape index (κ1) is 10.2. The Morgan fingerprint density at radius 2 is 2.31 bits per heavy atom. The molecular weight excluding hydrogens is 234 g/mol. The van der Waals surface area contributed by atoms with Crippen molar-refractivity contribution in [3.63, 3.8) is 0 Å². The van der Waals surface area contributed by atoms with Crippen LogP contribution in [0.5, 0.6) is 0 Å². The summed E-state index contributed by atoms with van der Waals surface area (Å²) in [5, 5.41) is 0.869. The molecule has 0 atom stereocenters. The number of nitrogens with two attached hydrogens (primary N) is 1. The van der Waals surface area contributed by atoms with E-state index in [1.807, 2.05) is 12.1 Å². The lowest BCUT2D eigenvalue weighted by Gasteiger charge is -2.01. The number of aryl methyl sites for hydroxylation is 1. The Balaban J connectivity index is 2.85. The SMILES string of the molecule is NOC(=O)c1cccc(CCBr)c1. The predicted molar refractivity (Wildman–Crippen MR) is 53.5 cm³/mol. The highest BCUT2D eigenvalue weighted by Crippen LogP contribution is 2.07. The van der Waals surface area contributed by atoms with Gasteiger partial charge in [-0.05, 0) is 24.1 Å². The highest BCUT2D eigenvalue weighted by molar-refractivity contribution is 9.09. The number of hydrogen-bond donors (Lipinski definition) is 1. The van der Waals surface area contributed by atoms with Crippen LogP contribution in [0.3, 0.4) is 0 Å². The minimum Gasteiger partial charge on any atom is -0.370 e. The van der Waals surface area contributed by atoms with Gasteiger partial charge >= 0.3 is 5.97 Å². The number of benzene rings is 1. The molecule has 0 saturated carbocycles. The molecule has 0 unspecified atom stereocenters. The maximum Gasteiger partial charge on any atom is 0.356 e. The summed E-state index contributed by atoms with van der Waals surface area (Å²) >= 11 is 3.32. The predicted octanol–water partition coefficient (Wildman–Crippen LogP) is 1.65. The van der Waals surface area contributed by atoms with Gasteiger partial charge in [-0.3, -0.25) is 0 Å². The van der Waals surface area contributed by atoms with Crippen LogP contribution in [0, 0.1) is 0 Å². The van der Waals surface area contributed by atoms with Gasteiger partial charge in [0.25, 0.3) is 0 Å². The normalized spacial score (nSPS) is 9.69. The van der Waals surface area contributed by atoms with E-state index in [1.54, 1.807) is 12.1 Å². The fraction of sp³-hybridized carbons (Fsp3) is 0.222. The van der Waals surface area contributed by atoms with E-state index in [4.69, 9.17) is 5.90 Å². The standard InChI is InChI=1S/C9H10BrNO2/c10-5-4-7-2-1-3-8(6-7)9(12)13-11/h1-3,6H,4-5,11H2. The van der Waals surface area contributed by atoms with E-state index >= 15 is 0 Å². The second kappa shape index (κ2) is 4.99. The highest BCUT2D eigenvalue weighted by atomic mass is 79.9. The van der Waals surface area contributed by atoms with Crippen LogP contribution < -0.4 is 5.90 Å². The fourth-order valence-corrected chi connectivity index (χ4v) is 1.49. The molecule has 13 heavy (non-hydrogen) atoms. The highest BCUT2D eigenvalue weighted by Gasteiger charge is 2.05. The van der Waals surface area contributed by atoms with Crippen LogP contribution in [0.4, 0.5) is 0 Å². The van der Waals surface area contributed by atoms with Crippen LogP contribution in [0.1, 0.15) is 15.9 Å². The minimum atomic E-state index is -0.503. The number of halogens is 1. The zero-order valence-electron chi connectivity index (χ0n) is 7.00. The molecule has 0 amide bonds. The molecule has 0 aliphatic carbocycles. The van der Waals surface area contributed by atoms with Crippen molar-refractivity contribution in [2.24, 2.45) is 5.90 Å². The molecule has 2 N–H and O–H groups in total. The Morgan fingerprint density at radius 3 is 2.92 bits per heavy atom. The summed E-state index contributed by atoms with van der Waals surface area (Å²) in [6.07, 6.45) is 0.881. The third-order valence-corrected chi connectivity index (χ3v) is 2.05. The number of hydrogen-bond acceptors (Lipinski definition) is 3. The first-order chi connectivity index (χ1) is 6.27. The smallest absolute Gasteiger partial charge is 0.356 e. The quantitative estimate of drug-likeness (QED) is 0.649. The van der Waals surface area contributed by atoms with E-state index in [0.29, 0.717) is 5.56 Å². The summed E-state index contributed by atoms with van der Waals surface area (Å²) < 4.78 is 0. The van der Waals surface area contributed by atoms with Crippen molar-refractivity contribution < 1.29 is 9.63 Å². The first-order valence-electron chi connectivity index (χ1n) is 3.84. The lowest BCUT2D eigenvalue weighted by atomic mass is 10.1. The fourth-order valence-electron chi connectivity index (χ4n) is 1.03. The summed E-state index contributed by atoms with van der Waals surface area (Å²) in [5.41, 5.74) is 1.57. The van der Waals surface area contributed by atoms with Gasteiger partial charge in [0.05, 0.1) is 5.56 Å². The number of alkyl halides is 1. The molecule has 1 aromatic carbocycles. The lowest BCUT2D eigenvalue weighted by molar-refractivity contribution is 0.0503. The maximum atomic E-state index is 11.0. The number of rotatable bonds is 3. The zero-order valence-corrected chi connectivity index (χ0v) is 8.58. The van der Waals surface area contributed by atoms with E-state index in [0.717, 1.165) is 17.3 Å². The monoisotopic (exact) mass is 243 g/mol.